The van der Waals surface area contributed by atoms with Crippen LogP contribution in [0.2, 0.25) is 0 Å². The lowest BCUT2D eigenvalue weighted by molar-refractivity contribution is -0.129. The molecule has 0 spiro atoms. The number of likely N-dealkylation sites (tertiary alicyclic amines) is 1. The van der Waals surface area contributed by atoms with Gasteiger partial charge in [-0.15, -0.1) is 0 Å². The first-order chi connectivity index (χ1) is 9.10. The maximum Gasteiger partial charge on any atom is 0.227 e. The molecule has 1 atom stereocenters. The van der Waals surface area contributed by atoms with Gasteiger partial charge < -0.3 is 4.90 Å². The highest BCUT2D eigenvalue weighted by Crippen LogP contribution is 2.21. The Morgan fingerprint density at radius 2 is 2.21 bits per heavy atom. The first kappa shape index (κ1) is 14.4. The number of alkyl halides is 1. The van der Waals surface area contributed by atoms with Crippen LogP contribution >= 0.6 is 15.9 Å². The maximum atomic E-state index is 13.5. The van der Waals surface area contributed by atoms with E-state index in [1.54, 1.807) is 4.90 Å². The lowest BCUT2D eigenvalue weighted by atomic mass is 10.1. The molecule has 1 aromatic carbocycles. The Labute approximate surface area is 119 Å². The Morgan fingerprint density at radius 3 is 2.89 bits per heavy atom. The Balaban J connectivity index is 1.94. The van der Waals surface area contributed by atoms with Crippen molar-refractivity contribution in [2.24, 2.45) is 5.92 Å². The maximum absolute atomic E-state index is 13.5. The summed E-state index contributed by atoms with van der Waals surface area (Å²) < 4.78 is 26.3. The van der Waals surface area contributed by atoms with Gasteiger partial charge in [0.2, 0.25) is 5.91 Å². The zero-order valence-corrected chi connectivity index (χ0v) is 12.1. The van der Waals surface area contributed by atoms with E-state index in [-0.39, 0.29) is 17.9 Å². The Bertz CT molecular complexity index is 467. The first-order valence-corrected chi connectivity index (χ1v) is 7.50. The van der Waals surface area contributed by atoms with E-state index in [0.29, 0.717) is 5.92 Å². The van der Waals surface area contributed by atoms with Crippen LogP contribution in [0.25, 0.3) is 0 Å². The van der Waals surface area contributed by atoms with Crippen molar-refractivity contribution in [3.8, 4) is 0 Å². The molecule has 1 saturated heterocycles. The SMILES string of the molecule is O=C(Cc1ccc(F)cc1F)N1CCC(CCBr)C1. The highest BCUT2D eigenvalue weighted by atomic mass is 79.9. The summed E-state index contributed by atoms with van der Waals surface area (Å²) in [6.07, 6.45) is 2.06. The van der Waals surface area contributed by atoms with Gasteiger partial charge in [-0.2, -0.15) is 0 Å². The third-order valence-corrected chi connectivity index (χ3v) is 3.97. The number of halogens is 3. The van der Waals surface area contributed by atoms with Crippen LogP contribution in [0.3, 0.4) is 0 Å². The lowest BCUT2D eigenvalue weighted by Crippen LogP contribution is -2.30. The van der Waals surface area contributed by atoms with Gasteiger partial charge in [0.25, 0.3) is 0 Å². The molecule has 1 heterocycles. The van der Waals surface area contributed by atoms with E-state index in [2.05, 4.69) is 15.9 Å². The number of carbonyl (C=O) groups is 1. The summed E-state index contributed by atoms with van der Waals surface area (Å²) in [6, 6.07) is 3.35. The molecule has 1 aliphatic heterocycles. The van der Waals surface area contributed by atoms with E-state index in [4.69, 9.17) is 0 Å². The number of hydrogen-bond donors (Lipinski definition) is 0. The number of rotatable bonds is 4. The summed E-state index contributed by atoms with van der Waals surface area (Å²) in [7, 11) is 0. The second-order valence-corrected chi connectivity index (χ2v) is 5.68. The van der Waals surface area contributed by atoms with Gasteiger partial charge in [0.15, 0.2) is 0 Å². The minimum Gasteiger partial charge on any atom is -0.342 e. The van der Waals surface area contributed by atoms with Crippen LogP contribution < -0.4 is 0 Å². The third kappa shape index (κ3) is 3.75. The molecule has 5 heteroatoms. The topological polar surface area (TPSA) is 20.3 Å². The van der Waals surface area contributed by atoms with Gasteiger partial charge in [-0.05, 0) is 30.4 Å². The Kier molecular flexibility index (Phi) is 4.91. The van der Waals surface area contributed by atoms with E-state index < -0.39 is 11.6 Å². The zero-order valence-electron chi connectivity index (χ0n) is 10.5. The first-order valence-electron chi connectivity index (χ1n) is 6.38. The fourth-order valence-corrected chi connectivity index (χ4v) is 3.04. The van der Waals surface area contributed by atoms with E-state index in [1.165, 1.54) is 12.1 Å². The van der Waals surface area contributed by atoms with Crippen LogP contribution in [0.5, 0.6) is 0 Å². The zero-order chi connectivity index (χ0) is 13.8. The minimum atomic E-state index is -0.649. The van der Waals surface area contributed by atoms with Crippen molar-refractivity contribution in [1.82, 2.24) is 4.90 Å². The van der Waals surface area contributed by atoms with Crippen LogP contribution in [-0.2, 0) is 11.2 Å². The molecule has 0 radical (unpaired) electrons. The van der Waals surface area contributed by atoms with Crippen molar-refractivity contribution >= 4 is 21.8 Å². The normalized spacial score (nSPS) is 18.9. The number of carbonyl (C=O) groups excluding carboxylic acids is 1. The van der Waals surface area contributed by atoms with E-state index in [0.717, 1.165) is 37.3 Å². The number of hydrogen-bond acceptors (Lipinski definition) is 1. The molecule has 19 heavy (non-hydrogen) atoms. The van der Waals surface area contributed by atoms with E-state index >= 15 is 0 Å². The molecule has 0 N–H and O–H groups in total. The predicted molar refractivity (Wildman–Crippen MR) is 73.2 cm³/mol. The van der Waals surface area contributed by atoms with Gasteiger partial charge in [0.05, 0.1) is 6.42 Å². The largest absolute Gasteiger partial charge is 0.342 e. The van der Waals surface area contributed by atoms with Gasteiger partial charge >= 0.3 is 0 Å². The quantitative estimate of drug-likeness (QED) is 0.776. The highest BCUT2D eigenvalue weighted by Gasteiger charge is 2.26. The molecule has 2 rings (SSSR count). The molecule has 1 amide bonds. The van der Waals surface area contributed by atoms with Crippen molar-refractivity contribution in [2.75, 3.05) is 18.4 Å². The molecule has 1 fully saturated rings. The van der Waals surface area contributed by atoms with Gasteiger partial charge in [-0.3, -0.25) is 4.79 Å². The molecule has 1 aromatic rings. The molecule has 104 valence electrons. The van der Waals surface area contributed by atoms with Crippen LogP contribution in [0.15, 0.2) is 18.2 Å². The summed E-state index contributed by atoms with van der Waals surface area (Å²) in [5, 5.41) is 0.937. The lowest BCUT2D eigenvalue weighted by Gasteiger charge is -2.16. The molecule has 2 nitrogen and oxygen atoms in total. The molecular formula is C14H16BrF2NO. The van der Waals surface area contributed by atoms with Crippen molar-refractivity contribution in [1.29, 1.82) is 0 Å². The predicted octanol–water partition coefficient (Wildman–Crippen LogP) is 3.14. The second-order valence-electron chi connectivity index (χ2n) is 4.88. The second kappa shape index (κ2) is 6.46. The number of benzene rings is 1. The van der Waals surface area contributed by atoms with Gasteiger partial charge in [0, 0.05) is 24.5 Å². The molecule has 0 aliphatic carbocycles. The van der Waals surface area contributed by atoms with Crippen LogP contribution in [0, 0.1) is 17.6 Å². The average Bonchev–Trinajstić information content (AvgIpc) is 2.82. The molecule has 0 aromatic heterocycles. The Morgan fingerprint density at radius 1 is 1.42 bits per heavy atom. The van der Waals surface area contributed by atoms with Gasteiger partial charge in [-0.1, -0.05) is 22.0 Å². The standard InChI is InChI=1S/C14H16BrF2NO/c15-5-3-10-4-6-18(9-10)14(19)7-11-1-2-12(16)8-13(11)17/h1-2,8,10H,3-7,9H2. The van der Waals surface area contributed by atoms with Crippen molar-refractivity contribution in [3.05, 3.63) is 35.4 Å². The minimum absolute atomic E-state index is 0.00709. The van der Waals surface area contributed by atoms with Crippen LogP contribution in [0.1, 0.15) is 18.4 Å². The van der Waals surface area contributed by atoms with Crippen molar-refractivity contribution in [3.63, 3.8) is 0 Å². The summed E-state index contributed by atoms with van der Waals surface area (Å²) in [4.78, 5) is 13.8. The summed E-state index contributed by atoms with van der Waals surface area (Å²) in [5.41, 5.74) is 0.260. The highest BCUT2D eigenvalue weighted by molar-refractivity contribution is 9.09. The van der Waals surface area contributed by atoms with Gasteiger partial charge in [0.1, 0.15) is 11.6 Å². The summed E-state index contributed by atoms with van der Waals surface area (Å²) in [6.45, 7) is 1.48. The Hall–Kier alpha value is -0.970. The van der Waals surface area contributed by atoms with Crippen molar-refractivity contribution in [2.45, 2.75) is 19.3 Å². The fraction of sp³-hybridized carbons (Fsp3) is 0.500. The van der Waals surface area contributed by atoms with Crippen LogP contribution in [-0.4, -0.2) is 29.2 Å². The van der Waals surface area contributed by atoms with Crippen molar-refractivity contribution < 1.29 is 13.6 Å². The average molecular weight is 332 g/mol. The molecule has 1 aliphatic rings. The fourth-order valence-electron chi connectivity index (χ4n) is 2.39. The van der Waals surface area contributed by atoms with E-state index in [9.17, 15) is 13.6 Å². The summed E-state index contributed by atoms with van der Waals surface area (Å²) >= 11 is 3.40. The van der Waals surface area contributed by atoms with E-state index in [1.807, 2.05) is 0 Å². The number of nitrogens with zero attached hydrogens (tertiary/aromatic N) is 1. The molecule has 0 saturated carbocycles. The smallest absolute Gasteiger partial charge is 0.227 e. The molecule has 0 bridgehead atoms. The van der Waals surface area contributed by atoms with Crippen LogP contribution in [0.4, 0.5) is 8.78 Å². The summed E-state index contributed by atoms with van der Waals surface area (Å²) in [5.74, 6) is -0.819. The monoisotopic (exact) mass is 331 g/mol. The molecular weight excluding hydrogens is 316 g/mol. The number of amides is 1. The molecule has 1 unspecified atom stereocenters. The third-order valence-electron chi connectivity index (χ3n) is 3.51. The van der Waals surface area contributed by atoms with Gasteiger partial charge in [-0.25, -0.2) is 8.78 Å².